The highest BCUT2D eigenvalue weighted by atomic mass is 35.5. The molecule has 6 heteroatoms. The molecule has 1 aromatic heterocycles. The van der Waals surface area contributed by atoms with E-state index in [4.69, 9.17) is 4.74 Å². The maximum absolute atomic E-state index is 11.6. The number of carbonyl (C=O) groups is 1. The zero-order chi connectivity index (χ0) is 19.7. The lowest BCUT2D eigenvalue weighted by Gasteiger charge is -2.11. The van der Waals surface area contributed by atoms with Crippen LogP contribution in [0.4, 0.5) is 10.5 Å². The minimum absolute atomic E-state index is 0. The first-order chi connectivity index (χ1) is 13.6. The van der Waals surface area contributed by atoms with Gasteiger partial charge in [-0.25, -0.2) is 4.79 Å². The average molecular weight is 409 g/mol. The van der Waals surface area contributed by atoms with Crippen molar-refractivity contribution in [2.75, 3.05) is 11.9 Å². The molecule has 0 saturated heterocycles. The van der Waals surface area contributed by atoms with E-state index in [1.165, 1.54) is 0 Å². The number of anilines is 1. The van der Waals surface area contributed by atoms with Crippen molar-refractivity contribution in [2.24, 2.45) is 7.05 Å². The second kappa shape index (κ2) is 8.37. The van der Waals surface area contributed by atoms with E-state index in [-0.39, 0.29) is 18.2 Å². The Morgan fingerprint density at radius 2 is 1.72 bits per heavy atom. The molecule has 2 N–H and O–H groups in total. The first-order valence-corrected chi connectivity index (χ1v) is 9.16. The van der Waals surface area contributed by atoms with Gasteiger partial charge in [0.1, 0.15) is 12.8 Å². The molecule has 5 nitrogen and oxygen atoms in total. The first kappa shape index (κ1) is 20.4. The Morgan fingerprint density at radius 3 is 2.45 bits per heavy atom. The summed E-state index contributed by atoms with van der Waals surface area (Å²) in [5.74, 6) is 0.227. The van der Waals surface area contributed by atoms with Gasteiger partial charge in [0.15, 0.2) is 0 Å². The Bertz CT molecular complexity index is 1190. The molecule has 4 aromatic rings. The molecule has 0 aliphatic carbocycles. The van der Waals surface area contributed by atoms with Gasteiger partial charge in [-0.2, -0.15) is 4.57 Å². The Morgan fingerprint density at radius 1 is 1.00 bits per heavy atom. The number of ether oxygens (including phenoxy) is 1. The summed E-state index contributed by atoms with van der Waals surface area (Å²) in [6.45, 7) is 2.09. The number of nitrogens with one attached hydrogen (secondary N) is 1. The third-order valence-corrected chi connectivity index (χ3v) is 4.83. The van der Waals surface area contributed by atoms with Crippen LogP contribution in [-0.4, -0.2) is 17.8 Å². The van der Waals surface area contributed by atoms with Crippen molar-refractivity contribution in [1.29, 1.82) is 0 Å². The predicted octanol–water partition coefficient (Wildman–Crippen LogP) is 1.76. The second-order valence-corrected chi connectivity index (χ2v) is 6.58. The number of hydrogen-bond acceptors (Lipinski definition) is 3. The van der Waals surface area contributed by atoms with E-state index in [9.17, 15) is 9.90 Å². The smallest absolute Gasteiger partial charge is 0.411 e. The highest BCUT2D eigenvalue weighted by Crippen LogP contribution is 2.33. The number of aromatic nitrogens is 1. The van der Waals surface area contributed by atoms with Crippen LogP contribution < -0.4 is 22.3 Å². The van der Waals surface area contributed by atoms with Crippen molar-refractivity contribution in [3.05, 3.63) is 66.7 Å². The Kier molecular flexibility index (Phi) is 5.89. The van der Waals surface area contributed by atoms with Gasteiger partial charge in [0.25, 0.3) is 0 Å². The van der Waals surface area contributed by atoms with Gasteiger partial charge in [-0.1, -0.05) is 12.1 Å². The fourth-order valence-electron chi connectivity index (χ4n) is 3.60. The van der Waals surface area contributed by atoms with Crippen molar-refractivity contribution in [2.45, 2.75) is 6.92 Å². The summed E-state index contributed by atoms with van der Waals surface area (Å²) in [7, 11) is 2.02. The molecule has 4 rings (SSSR count). The van der Waals surface area contributed by atoms with Crippen LogP contribution in [-0.2, 0) is 11.8 Å². The van der Waals surface area contributed by atoms with Crippen molar-refractivity contribution in [3.8, 4) is 17.0 Å². The molecule has 0 atom stereocenters. The van der Waals surface area contributed by atoms with Gasteiger partial charge in [-0.3, -0.25) is 5.32 Å². The molecule has 0 saturated carbocycles. The number of halogens is 1. The summed E-state index contributed by atoms with van der Waals surface area (Å²) < 4.78 is 7.05. The molecule has 1 amide bonds. The summed E-state index contributed by atoms with van der Waals surface area (Å²) in [6, 6.07) is 21.3. The van der Waals surface area contributed by atoms with Crippen molar-refractivity contribution in [3.63, 3.8) is 0 Å². The molecule has 29 heavy (non-hydrogen) atoms. The normalized spacial score (nSPS) is 10.6. The van der Waals surface area contributed by atoms with Crippen LogP contribution >= 0.6 is 0 Å². The van der Waals surface area contributed by atoms with E-state index in [1.807, 2.05) is 49.5 Å². The zero-order valence-corrected chi connectivity index (χ0v) is 16.9. The molecular weight excluding hydrogens is 388 g/mol. The summed E-state index contributed by atoms with van der Waals surface area (Å²) >= 11 is 0. The molecule has 0 fully saturated rings. The molecule has 0 spiro atoms. The topological polar surface area (TPSA) is 62.4 Å². The van der Waals surface area contributed by atoms with Crippen LogP contribution in [0.5, 0.6) is 5.75 Å². The van der Waals surface area contributed by atoms with Gasteiger partial charge in [0, 0.05) is 22.7 Å². The third kappa shape index (κ3) is 3.82. The monoisotopic (exact) mass is 408 g/mol. The zero-order valence-electron chi connectivity index (χ0n) is 16.1. The lowest BCUT2D eigenvalue weighted by atomic mass is 9.99. The molecule has 0 aliphatic rings. The Hall–Kier alpha value is -3.31. The SMILES string of the molecule is CCOC(=O)Nc1ccc(-c2c3cc(O)ccc3c3ccccc3[n+]2C)cc1.[Cl-]. The molecule has 0 radical (unpaired) electrons. The molecule has 1 heterocycles. The van der Waals surface area contributed by atoms with Crippen molar-refractivity contribution >= 4 is 33.5 Å². The number of fused-ring (bicyclic) bond motifs is 3. The summed E-state index contributed by atoms with van der Waals surface area (Å²) in [4.78, 5) is 11.6. The maximum atomic E-state index is 11.6. The number of rotatable bonds is 3. The largest absolute Gasteiger partial charge is 1.00 e. The number of amides is 1. The van der Waals surface area contributed by atoms with Gasteiger partial charge in [0.2, 0.25) is 11.2 Å². The minimum atomic E-state index is -0.470. The highest BCUT2D eigenvalue weighted by molar-refractivity contribution is 6.09. The number of nitrogens with zero attached hydrogens (tertiary/aromatic N) is 1. The van der Waals surface area contributed by atoms with Crippen molar-refractivity contribution in [1.82, 2.24) is 0 Å². The summed E-state index contributed by atoms with van der Waals surface area (Å²) in [6.07, 6.45) is -0.470. The van der Waals surface area contributed by atoms with E-state index in [0.29, 0.717) is 12.3 Å². The summed E-state index contributed by atoms with van der Waals surface area (Å²) in [5.41, 5.74) is 3.74. The number of carbonyl (C=O) groups excluding carboxylic acids is 1. The van der Waals surface area contributed by atoms with E-state index >= 15 is 0 Å². The first-order valence-electron chi connectivity index (χ1n) is 9.16. The van der Waals surface area contributed by atoms with E-state index in [2.05, 4.69) is 22.0 Å². The molecule has 0 unspecified atom stereocenters. The number of phenolic OH excluding ortho intramolecular Hbond substituents is 1. The second-order valence-electron chi connectivity index (χ2n) is 6.58. The predicted molar refractivity (Wildman–Crippen MR) is 110 cm³/mol. The molecule has 0 bridgehead atoms. The van der Waals surface area contributed by atoms with Crippen LogP contribution in [0.25, 0.3) is 32.9 Å². The van der Waals surface area contributed by atoms with Crippen LogP contribution in [0, 0.1) is 0 Å². The Labute approximate surface area is 175 Å². The lowest BCUT2D eigenvalue weighted by Crippen LogP contribution is -3.00. The van der Waals surface area contributed by atoms with Crippen LogP contribution in [0.3, 0.4) is 0 Å². The van der Waals surface area contributed by atoms with E-state index in [0.717, 1.165) is 32.9 Å². The third-order valence-electron chi connectivity index (χ3n) is 4.83. The standard InChI is InChI=1S/C23H20N2O3.ClH/c1-3-28-23(27)24-16-10-8-15(9-11-16)22-20-14-17(26)12-13-18(20)19-6-4-5-7-21(19)25(22)2;/h4-14,26H,3H2,1-2H3;1H. The highest BCUT2D eigenvalue weighted by Gasteiger charge is 2.20. The lowest BCUT2D eigenvalue weighted by molar-refractivity contribution is -0.632. The number of phenols is 1. The maximum Gasteiger partial charge on any atom is 0.411 e. The average Bonchev–Trinajstić information content (AvgIpc) is 2.69. The van der Waals surface area contributed by atoms with Crippen molar-refractivity contribution < 1.29 is 31.6 Å². The van der Waals surface area contributed by atoms with E-state index in [1.54, 1.807) is 19.1 Å². The minimum Gasteiger partial charge on any atom is -1.00 e. The van der Waals surface area contributed by atoms with Crippen LogP contribution in [0.1, 0.15) is 6.92 Å². The quantitative estimate of drug-likeness (QED) is 0.401. The number of aryl methyl sites for hydroxylation is 1. The van der Waals surface area contributed by atoms with Crippen LogP contribution in [0.2, 0.25) is 0 Å². The fraction of sp³-hybridized carbons (Fsp3) is 0.130. The number of para-hydroxylation sites is 1. The van der Waals surface area contributed by atoms with Gasteiger partial charge in [0.05, 0.1) is 17.4 Å². The molecular formula is C23H21ClN2O3. The summed E-state index contributed by atoms with van der Waals surface area (Å²) in [5, 5.41) is 16.0. The number of hydrogen-bond donors (Lipinski definition) is 2. The van der Waals surface area contributed by atoms with Crippen LogP contribution in [0.15, 0.2) is 66.7 Å². The molecule has 0 aliphatic heterocycles. The molecule has 148 valence electrons. The number of aromatic hydroxyl groups is 1. The van der Waals surface area contributed by atoms with E-state index < -0.39 is 6.09 Å². The van der Waals surface area contributed by atoms with Gasteiger partial charge in [-0.15, -0.1) is 0 Å². The molecule has 3 aromatic carbocycles. The number of benzene rings is 3. The van der Waals surface area contributed by atoms with Gasteiger partial charge in [-0.05, 0) is 55.5 Å². The fourth-order valence-corrected chi connectivity index (χ4v) is 3.60. The number of pyridine rings is 1. The van der Waals surface area contributed by atoms with Gasteiger partial charge < -0.3 is 22.3 Å². The van der Waals surface area contributed by atoms with Gasteiger partial charge >= 0.3 is 6.09 Å². The Balaban J connectivity index is 0.00000240.